The quantitative estimate of drug-likeness (QED) is 0.508. The van der Waals surface area contributed by atoms with E-state index in [4.69, 9.17) is 9.47 Å². The summed E-state index contributed by atoms with van der Waals surface area (Å²) in [6, 6.07) is 0. The molecule has 0 saturated carbocycles. The van der Waals surface area contributed by atoms with Crippen molar-refractivity contribution in [1.29, 1.82) is 0 Å². The van der Waals surface area contributed by atoms with Crippen LogP contribution in [-0.2, 0) is 19.1 Å². The number of rotatable bonds is 7. The molecule has 4 nitrogen and oxygen atoms in total. The summed E-state index contributed by atoms with van der Waals surface area (Å²) in [5.41, 5.74) is 0. The molecule has 0 aromatic rings. The Balaban J connectivity index is 4.29. The van der Waals surface area contributed by atoms with Crippen LogP contribution in [-0.4, -0.2) is 24.6 Å². The number of hydrogen-bond donors (Lipinski definition) is 0. The minimum absolute atomic E-state index is 0.0897. The van der Waals surface area contributed by atoms with E-state index in [1.54, 1.807) is 13.0 Å². The average molecular weight is 242 g/mol. The van der Waals surface area contributed by atoms with Gasteiger partial charge in [-0.3, -0.25) is 4.79 Å². The topological polar surface area (TPSA) is 52.6 Å². The van der Waals surface area contributed by atoms with Gasteiger partial charge in [0.2, 0.25) is 6.10 Å². The second kappa shape index (κ2) is 8.79. The van der Waals surface area contributed by atoms with Gasteiger partial charge in [0.15, 0.2) is 0 Å². The monoisotopic (exact) mass is 242 g/mol. The summed E-state index contributed by atoms with van der Waals surface area (Å²) in [5.74, 6) is -0.968. The van der Waals surface area contributed by atoms with Crippen molar-refractivity contribution in [3.8, 4) is 0 Å². The molecular weight excluding hydrogens is 220 g/mol. The fraction of sp³-hybridized carbons (Fsp3) is 0.692. The first-order valence-electron chi connectivity index (χ1n) is 6.04. The number of carbonyl (C=O) groups excluding carboxylic acids is 2. The van der Waals surface area contributed by atoms with Crippen molar-refractivity contribution in [3.63, 3.8) is 0 Å². The van der Waals surface area contributed by atoms with Crippen molar-refractivity contribution in [3.05, 3.63) is 12.2 Å². The van der Waals surface area contributed by atoms with Gasteiger partial charge in [0.05, 0.1) is 13.0 Å². The molecule has 1 unspecified atom stereocenters. The third-order valence-electron chi connectivity index (χ3n) is 2.07. The Labute approximate surface area is 103 Å². The average Bonchev–Trinajstić information content (AvgIpc) is 2.26. The van der Waals surface area contributed by atoms with Crippen LogP contribution in [0.4, 0.5) is 0 Å². The number of esters is 2. The zero-order chi connectivity index (χ0) is 13.3. The standard InChI is InChI=1S/C13H22O4/c1-5-7-8-9-11(14)17-12(10(3)4)13(15)16-6-2/h7-8,10,12H,5-6,9H2,1-4H3/b8-7-. The van der Waals surface area contributed by atoms with E-state index in [-0.39, 0.29) is 18.9 Å². The Morgan fingerprint density at radius 1 is 1.18 bits per heavy atom. The van der Waals surface area contributed by atoms with Gasteiger partial charge in [-0.25, -0.2) is 4.79 Å². The van der Waals surface area contributed by atoms with Crippen molar-refractivity contribution in [2.24, 2.45) is 5.92 Å². The molecule has 98 valence electrons. The van der Waals surface area contributed by atoms with Crippen molar-refractivity contribution in [2.45, 2.75) is 46.6 Å². The van der Waals surface area contributed by atoms with E-state index >= 15 is 0 Å². The molecule has 0 bridgehead atoms. The zero-order valence-electron chi connectivity index (χ0n) is 11.1. The molecule has 0 radical (unpaired) electrons. The first kappa shape index (κ1) is 15.7. The molecule has 1 atom stereocenters. The second-order valence-corrected chi connectivity index (χ2v) is 3.99. The Hall–Kier alpha value is -1.32. The number of ether oxygens (including phenoxy) is 2. The van der Waals surface area contributed by atoms with Crippen LogP contribution in [0.5, 0.6) is 0 Å². The molecule has 0 aliphatic carbocycles. The minimum Gasteiger partial charge on any atom is -0.463 e. The molecule has 0 aliphatic rings. The van der Waals surface area contributed by atoms with Crippen molar-refractivity contribution < 1.29 is 19.1 Å². The fourth-order valence-electron chi connectivity index (χ4n) is 1.22. The van der Waals surface area contributed by atoms with Gasteiger partial charge in [0.1, 0.15) is 0 Å². The first-order valence-corrected chi connectivity index (χ1v) is 6.04. The SMILES string of the molecule is CC/C=C\CC(=O)OC(C(=O)OCC)C(C)C. The maximum Gasteiger partial charge on any atom is 0.347 e. The molecule has 0 fully saturated rings. The van der Waals surface area contributed by atoms with Crippen LogP contribution in [0.2, 0.25) is 0 Å². The van der Waals surface area contributed by atoms with Crippen LogP contribution < -0.4 is 0 Å². The van der Waals surface area contributed by atoms with Gasteiger partial charge in [-0.2, -0.15) is 0 Å². The molecule has 0 amide bonds. The molecule has 17 heavy (non-hydrogen) atoms. The Kier molecular flexibility index (Phi) is 8.11. The van der Waals surface area contributed by atoms with Gasteiger partial charge in [-0.1, -0.05) is 32.9 Å². The molecule has 4 heteroatoms. The summed E-state index contributed by atoms with van der Waals surface area (Å²) in [6.07, 6.45) is 3.88. The zero-order valence-corrected chi connectivity index (χ0v) is 11.1. The molecule has 0 aliphatic heterocycles. The molecule has 0 saturated heterocycles. The number of hydrogen-bond acceptors (Lipinski definition) is 4. The smallest absolute Gasteiger partial charge is 0.347 e. The van der Waals surface area contributed by atoms with Crippen molar-refractivity contribution >= 4 is 11.9 Å². The molecule has 0 spiro atoms. The van der Waals surface area contributed by atoms with Gasteiger partial charge in [0, 0.05) is 5.92 Å². The van der Waals surface area contributed by atoms with Crippen LogP contribution in [0.3, 0.4) is 0 Å². The highest BCUT2D eigenvalue weighted by atomic mass is 16.6. The third kappa shape index (κ3) is 6.76. The number of allylic oxidation sites excluding steroid dienone is 1. The lowest BCUT2D eigenvalue weighted by molar-refractivity contribution is -0.170. The molecule has 0 rings (SSSR count). The van der Waals surface area contributed by atoms with E-state index in [9.17, 15) is 9.59 Å². The lowest BCUT2D eigenvalue weighted by Gasteiger charge is -2.19. The molecule has 0 aromatic carbocycles. The Morgan fingerprint density at radius 2 is 1.82 bits per heavy atom. The molecule has 0 heterocycles. The number of carbonyl (C=O) groups is 2. The summed E-state index contributed by atoms with van der Waals surface area (Å²) in [4.78, 5) is 23.0. The van der Waals surface area contributed by atoms with Crippen LogP contribution in [0.1, 0.15) is 40.5 Å². The van der Waals surface area contributed by atoms with Crippen LogP contribution in [0.25, 0.3) is 0 Å². The van der Waals surface area contributed by atoms with Gasteiger partial charge < -0.3 is 9.47 Å². The summed E-state index contributed by atoms with van der Waals surface area (Å²) in [6.45, 7) is 7.63. The lowest BCUT2D eigenvalue weighted by Crippen LogP contribution is -2.33. The fourth-order valence-corrected chi connectivity index (χ4v) is 1.22. The van der Waals surface area contributed by atoms with E-state index in [1.807, 2.05) is 26.8 Å². The highest BCUT2D eigenvalue weighted by Crippen LogP contribution is 2.10. The Bertz CT molecular complexity index is 269. The van der Waals surface area contributed by atoms with Gasteiger partial charge >= 0.3 is 11.9 Å². The molecule has 0 aromatic heterocycles. The van der Waals surface area contributed by atoms with Crippen LogP contribution >= 0.6 is 0 Å². The summed E-state index contributed by atoms with van der Waals surface area (Å²) in [7, 11) is 0. The Morgan fingerprint density at radius 3 is 2.29 bits per heavy atom. The van der Waals surface area contributed by atoms with Gasteiger partial charge in [-0.15, -0.1) is 0 Å². The van der Waals surface area contributed by atoms with E-state index in [0.717, 1.165) is 6.42 Å². The second-order valence-electron chi connectivity index (χ2n) is 3.99. The summed E-state index contributed by atoms with van der Waals surface area (Å²) in [5, 5.41) is 0. The van der Waals surface area contributed by atoms with E-state index < -0.39 is 18.0 Å². The minimum atomic E-state index is -0.808. The maximum atomic E-state index is 11.5. The van der Waals surface area contributed by atoms with Crippen LogP contribution in [0, 0.1) is 5.92 Å². The first-order chi connectivity index (χ1) is 8.02. The lowest BCUT2D eigenvalue weighted by atomic mass is 10.1. The largest absolute Gasteiger partial charge is 0.463 e. The summed E-state index contributed by atoms with van der Waals surface area (Å²) < 4.78 is 9.97. The predicted molar refractivity (Wildman–Crippen MR) is 65.4 cm³/mol. The van der Waals surface area contributed by atoms with Gasteiger partial charge in [-0.05, 0) is 13.3 Å². The van der Waals surface area contributed by atoms with E-state index in [1.165, 1.54) is 0 Å². The van der Waals surface area contributed by atoms with Crippen molar-refractivity contribution in [1.82, 2.24) is 0 Å². The van der Waals surface area contributed by atoms with Crippen LogP contribution in [0.15, 0.2) is 12.2 Å². The normalized spacial score (nSPS) is 12.8. The third-order valence-corrected chi connectivity index (χ3v) is 2.07. The van der Waals surface area contributed by atoms with E-state index in [2.05, 4.69) is 0 Å². The van der Waals surface area contributed by atoms with Crippen molar-refractivity contribution in [2.75, 3.05) is 6.61 Å². The predicted octanol–water partition coefficient (Wildman–Crippen LogP) is 2.47. The highest BCUT2D eigenvalue weighted by molar-refractivity contribution is 5.80. The maximum absolute atomic E-state index is 11.5. The van der Waals surface area contributed by atoms with Gasteiger partial charge in [0.25, 0.3) is 0 Å². The molecule has 0 N–H and O–H groups in total. The van der Waals surface area contributed by atoms with E-state index in [0.29, 0.717) is 0 Å². The highest BCUT2D eigenvalue weighted by Gasteiger charge is 2.27. The summed E-state index contributed by atoms with van der Waals surface area (Å²) >= 11 is 0. The molecular formula is C13H22O4.